The molecular weight excluding hydrogens is 429 g/mol. The maximum Gasteiger partial charge on any atom is 0.264 e. The van der Waals surface area contributed by atoms with Gasteiger partial charge in [0.25, 0.3) is 5.56 Å². The number of nitrogens with zero attached hydrogens (tertiary/aromatic N) is 4. The topological polar surface area (TPSA) is 81.8 Å². The Morgan fingerprint density at radius 3 is 2.69 bits per heavy atom. The number of thioether (sulfide) groups is 1. The van der Waals surface area contributed by atoms with Gasteiger partial charge in [-0.15, -0.1) is 11.8 Å². The van der Waals surface area contributed by atoms with Gasteiger partial charge in [-0.1, -0.05) is 48.5 Å². The minimum Gasteiger partial charge on any atom is -0.354 e. The first-order valence-electron chi connectivity index (χ1n) is 10.1. The van der Waals surface area contributed by atoms with Gasteiger partial charge < -0.3 is 5.32 Å². The number of rotatable bonds is 9. The fraction of sp³-hybridized carbons (Fsp3) is 0.217. The molecule has 9 heteroatoms. The Labute approximate surface area is 188 Å². The molecule has 2 heterocycles. The third-order valence-electron chi connectivity index (χ3n) is 4.91. The first-order valence-corrected chi connectivity index (χ1v) is 11.3. The van der Waals surface area contributed by atoms with Crippen molar-refractivity contribution in [2.75, 3.05) is 12.3 Å². The van der Waals surface area contributed by atoms with E-state index in [0.29, 0.717) is 35.4 Å². The van der Waals surface area contributed by atoms with Gasteiger partial charge in [0.05, 0.1) is 25.0 Å². The predicted molar refractivity (Wildman–Crippen MR) is 123 cm³/mol. The number of nitrogens with one attached hydrogen (secondary N) is 1. The molecular formula is C23H22FN5O2S. The molecule has 0 aliphatic rings. The molecule has 0 fully saturated rings. The number of hydrogen-bond acceptors (Lipinski definition) is 5. The minimum atomic E-state index is -0.368. The van der Waals surface area contributed by atoms with Gasteiger partial charge in [0.2, 0.25) is 5.91 Å². The Morgan fingerprint density at radius 1 is 1.09 bits per heavy atom. The van der Waals surface area contributed by atoms with Crippen LogP contribution in [-0.2, 0) is 23.6 Å². The van der Waals surface area contributed by atoms with E-state index in [4.69, 9.17) is 0 Å². The van der Waals surface area contributed by atoms with E-state index in [1.807, 2.05) is 30.3 Å². The summed E-state index contributed by atoms with van der Waals surface area (Å²) in [6.45, 7) is 0.861. The van der Waals surface area contributed by atoms with Gasteiger partial charge in [-0.05, 0) is 11.6 Å². The summed E-state index contributed by atoms with van der Waals surface area (Å²) < 4.78 is 16.8. The van der Waals surface area contributed by atoms with Crippen molar-refractivity contribution in [3.63, 3.8) is 0 Å². The fourth-order valence-electron chi connectivity index (χ4n) is 3.27. The summed E-state index contributed by atoms with van der Waals surface area (Å²) in [5, 5.41) is 7.45. The van der Waals surface area contributed by atoms with E-state index in [-0.39, 0.29) is 23.8 Å². The highest BCUT2D eigenvalue weighted by atomic mass is 32.2. The second kappa shape index (κ2) is 10.2. The van der Waals surface area contributed by atoms with E-state index < -0.39 is 0 Å². The fourth-order valence-corrected chi connectivity index (χ4v) is 4.09. The summed E-state index contributed by atoms with van der Waals surface area (Å²) in [4.78, 5) is 29.1. The van der Waals surface area contributed by atoms with Crippen LogP contribution in [0.2, 0.25) is 0 Å². The van der Waals surface area contributed by atoms with E-state index in [2.05, 4.69) is 15.4 Å². The van der Waals surface area contributed by atoms with Crippen LogP contribution in [0, 0.1) is 5.82 Å². The molecule has 2 aromatic heterocycles. The number of carbonyl (C=O) groups excluding carboxylic acids is 1. The summed E-state index contributed by atoms with van der Waals surface area (Å²) in [7, 11) is 0. The summed E-state index contributed by atoms with van der Waals surface area (Å²) in [5.74, 6) is 0.727. The highest BCUT2D eigenvalue weighted by Crippen LogP contribution is 2.11. The third-order valence-corrected chi connectivity index (χ3v) is 5.92. The van der Waals surface area contributed by atoms with Crippen LogP contribution in [0.1, 0.15) is 11.1 Å². The number of fused-ring (bicyclic) bond motifs is 1. The van der Waals surface area contributed by atoms with Crippen molar-refractivity contribution < 1.29 is 9.18 Å². The lowest BCUT2D eigenvalue weighted by Crippen LogP contribution is -2.29. The lowest BCUT2D eigenvalue weighted by atomic mass is 10.2. The average molecular weight is 452 g/mol. The number of hydrogen-bond donors (Lipinski definition) is 1. The SMILES string of the molecule is O=C(CSCc1ccccc1)NCCn1ncc2c(=O)n(Cc3ccccc3F)cnc21. The quantitative estimate of drug-likeness (QED) is 0.423. The number of halogens is 1. The zero-order valence-corrected chi connectivity index (χ0v) is 18.1. The van der Waals surface area contributed by atoms with E-state index in [1.165, 1.54) is 28.7 Å². The Bertz CT molecular complexity index is 1270. The van der Waals surface area contributed by atoms with Crippen LogP contribution in [0.4, 0.5) is 4.39 Å². The van der Waals surface area contributed by atoms with Gasteiger partial charge in [-0.3, -0.25) is 14.2 Å². The first kappa shape index (κ1) is 21.8. The van der Waals surface area contributed by atoms with Crippen molar-refractivity contribution in [1.29, 1.82) is 0 Å². The van der Waals surface area contributed by atoms with Gasteiger partial charge in [-0.2, -0.15) is 5.10 Å². The number of benzene rings is 2. The van der Waals surface area contributed by atoms with Gasteiger partial charge in [0.1, 0.15) is 17.5 Å². The van der Waals surface area contributed by atoms with Crippen LogP contribution in [0.25, 0.3) is 11.0 Å². The van der Waals surface area contributed by atoms with Crippen molar-refractivity contribution >= 4 is 28.7 Å². The maximum atomic E-state index is 13.9. The Balaban J connectivity index is 1.32. The molecule has 32 heavy (non-hydrogen) atoms. The highest BCUT2D eigenvalue weighted by molar-refractivity contribution is 7.99. The molecule has 0 saturated heterocycles. The van der Waals surface area contributed by atoms with Crippen molar-refractivity contribution in [3.8, 4) is 0 Å². The second-order valence-corrected chi connectivity index (χ2v) is 8.19. The molecule has 7 nitrogen and oxygen atoms in total. The monoisotopic (exact) mass is 451 g/mol. The summed E-state index contributed by atoms with van der Waals surface area (Å²) in [5.41, 5.74) is 1.74. The van der Waals surface area contributed by atoms with Crippen molar-refractivity contribution in [1.82, 2.24) is 24.6 Å². The summed E-state index contributed by atoms with van der Waals surface area (Å²) in [6, 6.07) is 16.3. The van der Waals surface area contributed by atoms with Crippen molar-refractivity contribution in [3.05, 3.63) is 94.4 Å². The Kier molecular flexibility index (Phi) is 6.96. The summed E-state index contributed by atoms with van der Waals surface area (Å²) >= 11 is 1.55. The third kappa shape index (κ3) is 5.23. The lowest BCUT2D eigenvalue weighted by Gasteiger charge is -2.08. The number of amides is 1. The maximum absolute atomic E-state index is 13.9. The molecule has 0 radical (unpaired) electrons. The molecule has 4 aromatic rings. The molecule has 0 spiro atoms. The van der Waals surface area contributed by atoms with Gasteiger partial charge in [0.15, 0.2) is 5.65 Å². The van der Waals surface area contributed by atoms with Crippen LogP contribution in [0.3, 0.4) is 0 Å². The standard InChI is InChI=1S/C23H22FN5O2S/c24-20-9-5-4-8-18(20)13-28-16-26-22-19(23(28)31)12-27-29(22)11-10-25-21(30)15-32-14-17-6-2-1-3-7-17/h1-9,12,16H,10-11,13-15H2,(H,25,30). The minimum absolute atomic E-state index is 0.0532. The first-order chi connectivity index (χ1) is 15.6. The number of aromatic nitrogens is 4. The van der Waals surface area contributed by atoms with Crippen molar-refractivity contribution in [2.24, 2.45) is 0 Å². The Hall–Kier alpha value is -3.46. The van der Waals surface area contributed by atoms with E-state index in [1.54, 1.807) is 34.6 Å². The molecule has 0 aliphatic carbocycles. The lowest BCUT2D eigenvalue weighted by molar-refractivity contribution is -0.118. The largest absolute Gasteiger partial charge is 0.354 e. The van der Waals surface area contributed by atoms with Gasteiger partial charge in [0, 0.05) is 17.9 Å². The molecule has 0 aliphatic heterocycles. The molecule has 4 rings (SSSR count). The van der Waals surface area contributed by atoms with Gasteiger partial charge >= 0.3 is 0 Å². The normalized spacial score (nSPS) is 11.0. The van der Waals surface area contributed by atoms with Gasteiger partial charge in [-0.25, -0.2) is 14.1 Å². The van der Waals surface area contributed by atoms with Crippen molar-refractivity contribution in [2.45, 2.75) is 18.8 Å². The molecule has 164 valence electrons. The molecule has 0 saturated carbocycles. The predicted octanol–water partition coefficient (Wildman–Crippen LogP) is 2.83. The molecule has 0 bridgehead atoms. The van der Waals surface area contributed by atoms with Crippen LogP contribution in [0.15, 0.2) is 71.9 Å². The number of carbonyl (C=O) groups is 1. The highest BCUT2D eigenvalue weighted by Gasteiger charge is 2.12. The van der Waals surface area contributed by atoms with Crippen LogP contribution in [-0.4, -0.2) is 37.5 Å². The van der Waals surface area contributed by atoms with Crippen LogP contribution < -0.4 is 10.9 Å². The summed E-state index contributed by atoms with van der Waals surface area (Å²) in [6.07, 6.45) is 2.86. The van der Waals surface area contributed by atoms with E-state index in [9.17, 15) is 14.0 Å². The molecule has 0 atom stereocenters. The van der Waals surface area contributed by atoms with E-state index in [0.717, 1.165) is 5.75 Å². The zero-order chi connectivity index (χ0) is 22.3. The Morgan fingerprint density at radius 2 is 1.88 bits per heavy atom. The second-order valence-electron chi connectivity index (χ2n) is 7.20. The molecule has 2 aromatic carbocycles. The zero-order valence-electron chi connectivity index (χ0n) is 17.3. The molecule has 1 N–H and O–H groups in total. The van der Waals surface area contributed by atoms with Crippen LogP contribution in [0.5, 0.6) is 0 Å². The molecule has 0 unspecified atom stereocenters. The average Bonchev–Trinajstić information content (AvgIpc) is 3.21. The van der Waals surface area contributed by atoms with Crippen LogP contribution >= 0.6 is 11.8 Å². The van der Waals surface area contributed by atoms with E-state index >= 15 is 0 Å². The smallest absolute Gasteiger partial charge is 0.264 e. The molecule has 1 amide bonds.